The van der Waals surface area contributed by atoms with Gasteiger partial charge < -0.3 is 5.32 Å². The first kappa shape index (κ1) is 16.0. The fourth-order valence-corrected chi connectivity index (χ4v) is 3.06. The van der Waals surface area contributed by atoms with Gasteiger partial charge in [-0.1, -0.05) is 37.0 Å². The van der Waals surface area contributed by atoms with E-state index in [-0.39, 0.29) is 38.7 Å². The fourth-order valence-electron chi connectivity index (χ4n) is 2.67. The van der Waals surface area contributed by atoms with Gasteiger partial charge in [-0.2, -0.15) is 0 Å². The molecule has 1 N–H and O–H groups in total. The number of benzene rings is 1. The molecule has 1 aromatic rings. The van der Waals surface area contributed by atoms with Gasteiger partial charge in [0.15, 0.2) is 0 Å². The van der Waals surface area contributed by atoms with Crippen LogP contribution in [0.5, 0.6) is 0 Å². The molecule has 1 aliphatic rings. The summed E-state index contributed by atoms with van der Waals surface area (Å²) in [5.41, 5.74) is 0.00331. The summed E-state index contributed by atoms with van der Waals surface area (Å²) in [7, 11) is 0. The van der Waals surface area contributed by atoms with Crippen molar-refractivity contribution in [3.05, 3.63) is 37.9 Å². The zero-order valence-corrected chi connectivity index (χ0v) is 13.3. The third-order valence-electron chi connectivity index (χ3n) is 3.77. The Morgan fingerprint density at radius 1 is 1.43 bits per heavy atom. The van der Waals surface area contributed by atoms with E-state index in [4.69, 9.17) is 23.2 Å². The van der Waals surface area contributed by atoms with Crippen molar-refractivity contribution < 1.29 is 9.72 Å². The van der Waals surface area contributed by atoms with Crippen LogP contribution in [0, 0.1) is 15.5 Å². The molecule has 0 bridgehead atoms. The number of amides is 1. The van der Waals surface area contributed by atoms with Gasteiger partial charge >= 0.3 is 0 Å². The summed E-state index contributed by atoms with van der Waals surface area (Å²) in [4.78, 5) is 22.5. The molecule has 0 heterocycles. The highest BCUT2D eigenvalue weighted by Gasteiger charge is 2.32. The van der Waals surface area contributed by atoms with Crippen molar-refractivity contribution in [2.75, 3.05) is 0 Å². The van der Waals surface area contributed by atoms with E-state index in [9.17, 15) is 14.9 Å². The summed E-state index contributed by atoms with van der Waals surface area (Å²) < 4.78 is 0. The Labute approximate surface area is 132 Å². The SMILES string of the molecule is CC1(C)CCC(NC(=O)c2cc(Cl)c(Cl)c([N+](=O)[O-])c2)C1. The van der Waals surface area contributed by atoms with Crippen LogP contribution in [-0.4, -0.2) is 16.9 Å². The lowest BCUT2D eigenvalue weighted by molar-refractivity contribution is -0.384. The highest BCUT2D eigenvalue weighted by Crippen LogP contribution is 2.37. The Balaban J connectivity index is 2.18. The number of carbonyl (C=O) groups excluding carboxylic acids is 1. The van der Waals surface area contributed by atoms with E-state index in [0.717, 1.165) is 25.3 Å². The Bertz CT molecular complexity index is 602. The number of hydrogen-bond donors (Lipinski definition) is 1. The molecular formula is C14H16Cl2N2O3. The van der Waals surface area contributed by atoms with Gasteiger partial charge in [0.25, 0.3) is 11.6 Å². The molecule has 0 saturated heterocycles. The fraction of sp³-hybridized carbons (Fsp3) is 0.500. The molecule has 0 aromatic heterocycles. The van der Waals surface area contributed by atoms with Gasteiger partial charge in [-0.25, -0.2) is 0 Å². The molecule has 1 saturated carbocycles. The van der Waals surface area contributed by atoms with Crippen molar-refractivity contribution in [2.24, 2.45) is 5.41 Å². The number of carbonyl (C=O) groups is 1. The Kier molecular flexibility index (Phi) is 4.44. The topological polar surface area (TPSA) is 72.2 Å². The standard InChI is InChI=1S/C14H16Cl2N2O3/c1-14(2)4-3-9(7-14)17-13(19)8-5-10(15)12(16)11(6-8)18(20)21/h5-6,9H,3-4,7H2,1-2H3,(H,17,19). The van der Waals surface area contributed by atoms with Crippen molar-refractivity contribution in [2.45, 2.75) is 39.2 Å². The van der Waals surface area contributed by atoms with E-state index in [1.54, 1.807) is 0 Å². The number of nitrogens with zero attached hydrogens (tertiary/aromatic N) is 1. The molecule has 1 aromatic carbocycles. The summed E-state index contributed by atoms with van der Waals surface area (Å²) in [5, 5.41) is 13.7. The number of nitro benzene ring substituents is 1. The monoisotopic (exact) mass is 330 g/mol. The van der Waals surface area contributed by atoms with E-state index in [1.165, 1.54) is 6.07 Å². The summed E-state index contributed by atoms with van der Waals surface area (Å²) in [6.07, 6.45) is 2.84. The zero-order chi connectivity index (χ0) is 15.8. The number of halogens is 2. The van der Waals surface area contributed by atoms with Crippen LogP contribution in [0.3, 0.4) is 0 Å². The molecule has 0 radical (unpaired) electrons. The van der Waals surface area contributed by atoms with Crippen LogP contribution in [0.2, 0.25) is 10.0 Å². The summed E-state index contributed by atoms with van der Waals surface area (Å²) in [6, 6.07) is 2.59. The third-order valence-corrected chi connectivity index (χ3v) is 4.56. The molecule has 21 heavy (non-hydrogen) atoms. The van der Waals surface area contributed by atoms with Gasteiger partial charge in [0, 0.05) is 17.7 Å². The summed E-state index contributed by atoms with van der Waals surface area (Å²) >= 11 is 11.6. The van der Waals surface area contributed by atoms with E-state index in [1.807, 2.05) is 0 Å². The molecule has 114 valence electrons. The van der Waals surface area contributed by atoms with Crippen LogP contribution < -0.4 is 5.32 Å². The Hall–Kier alpha value is -1.33. The maximum atomic E-state index is 12.2. The normalized spacial score (nSPS) is 20.3. The Morgan fingerprint density at radius 2 is 2.10 bits per heavy atom. The minimum absolute atomic E-state index is 0.00256. The van der Waals surface area contributed by atoms with Crippen LogP contribution in [0.25, 0.3) is 0 Å². The van der Waals surface area contributed by atoms with Gasteiger partial charge in [-0.05, 0) is 30.7 Å². The highest BCUT2D eigenvalue weighted by atomic mass is 35.5. The van der Waals surface area contributed by atoms with Gasteiger partial charge in [-0.3, -0.25) is 14.9 Å². The quantitative estimate of drug-likeness (QED) is 0.666. The predicted molar refractivity (Wildman–Crippen MR) is 82.0 cm³/mol. The zero-order valence-electron chi connectivity index (χ0n) is 11.8. The van der Waals surface area contributed by atoms with E-state index in [0.29, 0.717) is 0 Å². The maximum Gasteiger partial charge on any atom is 0.290 e. The molecule has 1 unspecified atom stereocenters. The minimum atomic E-state index is -0.649. The number of nitrogens with one attached hydrogen (secondary N) is 1. The number of hydrogen-bond acceptors (Lipinski definition) is 3. The second-order valence-corrected chi connectivity index (χ2v) is 6.91. The van der Waals surface area contributed by atoms with E-state index in [2.05, 4.69) is 19.2 Å². The van der Waals surface area contributed by atoms with E-state index >= 15 is 0 Å². The summed E-state index contributed by atoms with van der Waals surface area (Å²) in [5.74, 6) is -0.362. The lowest BCUT2D eigenvalue weighted by Gasteiger charge is -2.18. The van der Waals surface area contributed by atoms with Crippen molar-refractivity contribution in [1.29, 1.82) is 0 Å². The van der Waals surface area contributed by atoms with Crippen molar-refractivity contribution in [3.8, 4) is 0 Å². The number of rotatable bonds is 3. The van der Waals surface area contributed by atoms with Crippen LogP contribution in [-0.2, 0) is 0 Å². The van der Waals surface area contributed by atoms with Crippen LogP contribution in [0.4, 0.5) is 5.69 Å². The van der Waals surface area contributed by atoms with Gasteiger partial charge in [0.1, 0.15) is 5.02 Å². The van der Waals surface area contributed by atoms with E-state index < -0.39 is 4.92 Å². The molecule has 0 aliphatic heterocycles. The lowest BCUT2D eigenvalue weighted by atomic mass is 9.92. The van der Waals surface area contributed by atoms with Crippen molar-refractivity contribution in [1.82, 2.24) is 5.32 Å². The first-order valence-corrected chi connectivity index (χ1v) is 7.39. The first-order valence-electron chi connectivity index (χ1n) is 6.64. The average Bonchev–Trinajstić information content (AvgIpc) is 2.71. The van der Waals surface area contributed by atoms with Gasteiger partial charge in [-0.15, -0.1) is 0 Å². The molecule has 1 amide bonds. The van der Waals surface area contributed by atoms with Crippen LogP contribution in [0.1, 0.15) is 43.5 Å². The largest absolute Gasteiger partial charge is 0.349 e. The second kappa shape index (κ2) is 5.81. The third kappa shape index (κ3) is 3.66. The molecule has 2 rings (SSSR count). The van der Waals surface area contributed by atoms with Crippen molar-refractivity contribution in [3.63, 3.8) is 0 Å². The summed E-state index contributed by atoms with van der Waals surface area (Å²) in [6.45, 7) is 4.31. The molecule has 0 spiro atoms. The highest BCUT2D eigenvalue weighted by molar-refractivity contribution is 6.43. The first-order chi connectivity index (χ1) is 9.69. The van der Waals surface area contributed by atoms with Gasteiger partial charge in [0.2, 0.25) is 0 Å². The smallest absolute Gasteiger partial charge is 0.290 e. The maximum absolute atomic E-state index is 12.2. The molecule has 1 fully saturated rings. The Morgan fingerprint density at radius 3 is 2.62 bits per heavy atom. The molecule has 5 nitrogen and oxygen atoms in total. The molecule has 1 atom stereocenters. The molecular weight excluding hydrogens is 315 g/mol. The minimum Gasteiger partial charge on any atom is -0.349 e. The van der Waals surface area contributed by atoms with Crippen LogP contribution in [0.15, 0.2) is 12.1 Å². The van der Waals surface area contributed by atoms with Crippen LogP contribution >= 0.6 is 23.2 Å². The second-order valence-electron chi connectivity index (χ2n) is 6.13. The molecule has 7 heteroatoms. The predicted octanol–water partition coefficient (Wildman–Crippen LogP) is 4.21. The molecule has 1 aliphatic carbocycles. The average molecular weight is 331 g/mol. The van der Waals surface area contributed by atoms with Crippen molar-refractivity contribution >= 4 is 34.8 Å². The lowest BCUT2D eigenvalue weighted by Crippen LogP contribution is -2.33. The van der Waals surface area contributed by atoms with Gasteiger partial charge in [0.05, 0.1) is 9.95 Å². The number of nitro groups is 1.